The van der Waals surface area contributed by atoms with Crippen LogP contribution in [-0.4, -0.2) is 12.0 Å². The van der Waals surface area contributed by atoms with Gasteiger partial charge in [0.05, 0.1) is 6.04 Å². The smallest absolute Gasteiger partial charge is 0.107 e. The number of nitrogens with zero attached hydrogens (tertiary/aromatic N) is 1. The van der Waals surface area contributed by atoms with E-state index in [0.717, 1.165) is 20.7 Å². The first-order valence-electron chi connectivity index (χ1n) is 6.48. The highest BCUT2D eigenvalue weighted by Gasteiger charge is 2.18. The Morgan fingerprint density at radius 2 is 1.86 bits per heavy atom. The highest BCUT2D eigenvalue weighted by molar-refractivity contribution is 9.10. The Morgan fingerprint density at radius 3 is 2.43 bits per heavy atom. The zero-order valence-electron chi connectivity index (χ0n) is 11.8. The molecule has 5 heteroatoms. The van der Waals surface area contributed by atoms with Gasteiger partial charge in [0.15, 0.2) is 0 Å². The van der Waals surface area contributed by atoms with Crippen LogP contribution in [0.3, 0.4) is 0 Å². The van der Waals surface area contributed by atoms with Crippen molar-refractivity contribution in [1.82, 2.24) is 0 Å². The number of hydrogen-bond acceptors (Lipinski definition) is 2. The lowest BCUT2D eigenvalue weighted by molar-refractivity contribution is 0.739. The molecule has 0 bridgehead atoms. The predicted molar refractivity (Wildman–Crippen MR) is 98.3 cm³/mol. The molecule has 2 aromatic carbocycles. The van der Waals surface area contributed by atoms with Crippen molar-refractivity contribution in [2.45, 2.75) is 13.0 Å². The fourth-order valence-corrected chi connectivity index (χ4v) is 3.27. The third-order valence-corrected chi connectivity index (χ3v) is 4.67. The van der Waals surface area contributed by atoms with E-state index in [9.17, 15) is 0 Å². The normalized spacial score (nSPS) is 12.0. The van der Waals surface area contributed by atoms with E-state index in [4.69, 9.17) is 29.6 Å². The van der Waals surface area contributed by atoms with Crippen molar-refractivity contribution in [2.75, 3.05) is 11.9 Å². The van der Waals surface area contributed by atoms with Gasteiger partial charge in [0.2, 0.25) is 0 Å². The fraction of sp³-hybridized carbons (Fsp3) is 0.188. The van der Waals surface area contributed by atoms with E-state index in [0.29, 0.717) is 4.99 Å². The van der Waals surface area contributed by atoms with Crippen molar-refractivity contribution in [1.29, 1.82) is 0 Å². The van der Waals surface area contributed by atoms with Gasteiger partial charge in [0, 0.05) is 27.8 Å². The minimum absolute atomic E-state index is 0.171. The van der Waals surface area contributed by atoms with E-state index in [-0.39, 0.29) is 6.04 Å². The highest BCUT2D eigenvalue weighted by Crippen LogP contribution is 2.32. The number of hydrogen-bond donors (Lipinski definition) is 1. The zero-order chi connectivity index (χ0) is 15.6. The molecule has 2 N–H and O–H groups in total. The van der Waals surface area contributed by atoms with Crippen molar-refractivity contribution in [2.24, 2.45) is 5.73 Å². The van der Waals surface area contributed by atoms with Crippen LogP contribution in [0.1, 0.15) is 24.1 Å². The number of nitrogens with two attached hydrogens (primary N) is 1. The van der Waals surface area contributed by atoms with Crippen molar-refractivity contribution in [3.63, 3.8) is 0 Å². The average Bonchev–Trinajstić information content (AvgIpc) is 2.46. The first kappa shape index (κ1) is 16.3. The number of benzene rings is 2. The summed E-state index contributed by atoms with van der Waals surface area (Å²) in [6.45, 7) is 2.13. The van der Waals surface area contributed by atoms with Gasteiger partial charge in [-0.15, -0.1) is 0 Å². The molecule has 1 unspecified atom stereocenters. The van der Waals surface area contributed by atoms with Gasteiger partial charge in [-0.25, -0.2) is 0 Å². The summed E-state index contributed by atoms with van der Waals surface area (Å²) in [4.78, 5) is 2.54. The Balaban J connectivity index is 2.40. The predicted octanol–water partition coefficient (Wildman–Crippen LogP) is 4.93. The van der Waals surface area contributed by atoms with Crippen molar-refractivity contribution >= 4 is 50.4 Å². The first-order valence-corrected chi connectivity index (χ1v) is 8.06. The maximum Gasteiger partial charge on any atom is 0.107 e. The third-order valence-electron chi connectivity index (χ3n) is 3.55. The second-order valence-electron chi connectivity index (χ2n) is 4.84. The summed E-state index contributed by atoms with van der Waals surface area (Å²) in [6, 6.07) is 14.0. The molecule has 0 aliphatic carbocycles. The molecule has 2 nitrogen and oxygen atoms in total. The van der Waals surface area contributed by atoms with Crippen molar-refractivity contribution in [3.8, 4) is 0 Å². The van der Waals surface area contributed by atoms with Gasteiger partial charge in [-0.2, -0.15) is 0 Å². The molecule has 2 rings (SSSR count). The van der Waals surface area contributed by atoms with Gasteiger partial charge < -0.3 is 10.6 Å². The molecular weight excluding hydrogens is 368 g/mol. The molecule has 0 heterocycles. The molecule has 0 saturated carbocycles. The summed E-state index contributed by atoms with van der Waals surface area (Å²) >= 11 is 14.6. The molecule has 0 fully saturated rings. The summed E-state index contributed by atoms with van der Waals surface area (Å²) in [5.74, 6) is 0. The van der Waals surface area contributed by atoms with Crippen LogP contribution in [0.25, 0.3) is 0 Å². The molecule has 0 saturated heterocycles. The molecule has 2 aromatic rings. The molecule has 21 heavy (non-hydrogen) atoms. The van der Waals surface area contributed by atoms with Gasteiger partial charge in [0.25, 0.3) is 0 Å². The lowest BCUT2D eigenvalue weighted by Gasteiger charge is -2.29. The lowest BCUT2D eigenvalue weighted by Crippen LogP contribution is -2.25. The van der Waals surface area contributed by atoms with Crippen LogP contribution in [-0.2, 0) is 0 Å². The second-order valence-corrected chi connectivity index (χ2v) is 6.57. The molecule has 110 valence electrons. The largest absolute Gasteiger partial charge is 0.389 e. The summed E-state index contributed by atoms with van der Waals surface area (Å²) < 4.78 is 0.905. The standard InChI is InChI=1S/C16H16BrClN2S/c1-10(11-6-8-12(18)9-7-11)20(2)14-5-3-4-13(17)15(14)16(19)21/h3-10H,1-2H3,(H2,19,21). The Morgan fingerprint density at radius 1 is 1.24 bits per heavy atom. The minimum Gasteiger partial charge on any atom is -0.389 e. The highest BCUT2D eigenvalue weighted by atomic mass is 79.9. The van der Waals surface area contributed by atoms with Crippen LogP contribution in [0.2, 0.25) is 5.02 Å². The van der Waals surface area contributed by atoms with E-state index in [1.165, 1.54) is 5.56 Å². The second kappa shape index (κ2) is 6.77. The topological polar surface area (TPSA) is 29.3 Å². The van der Waals surface area contributed by atoms with Crippen molar-refractivity contribution in [3.05, 3.63) is 63.1 Å². The van der Waals surface area contributed by atoms with Crippen LogP contribution in [0.15, 0.2) is 46.9 Å². The third kappa shape index (κ3) is 3.57. The van der Waals surface area contributed by atoms with Gasteiger partial charge in [0.1, 0.15) is 4.99 Å². The molecule has 1 atom stereocenters. The Hall–Kier alpha value is -1.10. The number of thiocarbonyl (C=S) groups is 1. The van der Waals surface area contributed by atoms with Crippen LogP contribution >= 0.6 is 39.7 Å². The van der Waals surface area contributed by atoms with E-state index in [2.05, 4.69) is 27.8 Å². The van der Waals surface area contributed by atoms with Gasteiger partial charge >= 0.3 is 0 Å². The number of anilines is 1. The maximum absolute atomic E-state index is 5.95. The molecular formula is C16H16BrClN2S. The van der Waals surface area contributed by atoms with E-state index in [1.54, 1.807) is 0 Å². The molecule has 0 radical (unpaired) electrons. The number of rotatable bonds is 4. The van der Waals surface area contributed by atoms with Gasteiger partial charge in [-0.3, -0.25) is 0 Å². The average molecular weight is 384 g/mol. The first-order chi connectivity index (χ1) is 9.91. The van der Waals surface area contributed by atoms with Crippen LogP contribution < -0.4 is 10.6 Å². The quantitative estimate of drug-likeness (QED) is 0.759. The van der Waals surface area contributed by atoms with E-state index >= 15 is 0 Å². The summed E-state index contributed by atoms with van der Waals surface area (Å²) in [5, 5.41) is 0.736. The van der Waals surface area contributed by atoms with E-state index < -0.39 is 0 Å². The lowest BCUT2D eigenvalue weighted by atomic mass is 10.1. The number of halogens is 2. The SMILES string of the molecule is CC(c1ccc(Cl)cc1)N(C)c1cccc(Br)c1C(N)=S. The monoisotopic (exact) mass is 382 g/mol. The molecule has 0 amide bonds. The zero-order valence-corrected chi connectivity index (χ0v) is 15.0. The minimum atomic E-state index is 0.171. The Kier molecular flexibility index (Phi) is 5.25. The maximum atomic E-state index is 5.95. The van der Waals surface area contributed by atoms with Gasteiger partial charge in [-0.05, 0) is 52.7 Å². The Bertz CT molecular complexity index is 658. The molecule has 0 spiro atoms. The fourth-order valence-electron chi connectivity index (χ4n) is 2.22. The van der Waals surface area contributed by atoms with Crippen LogP contribution in [0.4, 0.5) is 5.69 Å². The van der Waals surface area contributed by atoms with E-state index in [1.807, 2.05) is 49.5 Å². The van der Waals surface area contributed by atoms with Crippen molar-refractivity contribution < 1.29 is 0 Å². The summed E-state index contributed by atoms with van der Waals surface area (Å²) in [5.41, 5.74) is 8.90. The van der Waals surface area contributed by atoms with Crippen LogP contribution in [0.5, 0.6) is 0 Å². The van der Waals surface area contributed by atoms with Crippen LogP contribution in [0, 0.1) is 0 Å². The summed E-state index contributed by atoms with van der Waals surface area (Å²) in [6.07, 6.45) is 0. The Labute approximate surface area is 144 Å². The summed E-state index contributed by atoms with van der Waals surface area (Å²) in [7, 11) is 2.03. The molecule has 0 aromatic heterocycles. The molecule has 0 aliphatic rings. The molecule has 0 aliphatic heterocycles. The van der Waals surface area contributed by atoms with Gasteiger partial charge in [-0.1, -0.05) is 42.0 Å².